The molecule has 9 heteroatoms. The highest BCUT2D eigenvalue weighted by atomic mass is 35.5. The Morgan fingerprint density at radius 1 is 1.15 bits per heavy atom. The van der Waals surface area contributed by atoms with Gasteiger partial charge in [0.05, 0.1) is 18.8 Å². The Bertz CT molecular complexity index is 993. The van der Waals surface area contributed by atoms with E-state index in [9.17, 15) is 0 Å². The van der Waals surface area contributed by atoms with Gasteiger partial charge in [0, 0.05) is 23.0 Å². The number of hydrogen-bond donors (Lipinski definition) is 1. The average Bonchev–Trinajstić information content (AvgIpc) is 3.30. The first-order valence-electron chi connectivity index (χ1n) is 8.56. The number of thioether (sulfide) groups is 1. The highest BCUT2D eigenvalue weighted by molar-refractivity contribution is 8.14. The number of hydrazone groups is 1. The number of halogens is 1. The fourth-order valence-electron chi connectivity index (χ4n) is 2.97. The molecule has 2 aromatic heterocycles. The van der Waals surface area contributed by atoms with E-state index in [1.165, 1.54) is 11.8 Å². The van der Waals surface area contributed by atoms with Crippen molar-refractivity contribution in [1.29, 1.82) is 0 Å². The lowest BCUT2D eigenvalue weighted by Gasteiger charge is -2.15. The second-order valence-corrected chi connectivity index (χ2v) is 7.99. The van der Waals surface area contributed by atoms with Crippen LogP contribution in [0.1, 0.15) is 17.0 Å². The van der Waals surface area contributed by atoms with Crippen LogP contribution < -0.4 is 10.7 Å². The van der Waals surface area contributed by atoms with Gasteiger partial charge in [0.1, 0.15) is 5.04 Å². The second kappa shape index (κ2) is 7.38. The van der Waals surface area contributed by atoms with Crippen molar-refractivity contribution in [3.05, 3.63) is 64.6 Å². The largest absolute Gasteiger partial charge is 0.301 e. The van der Waals surface area contributed by atoms with E-state index in [0.29, 0.717) is 18.9 Å². The van der Waals surface area contributed by atoms with E-state index in [1.807, 2.05) is 65.8 Å². The van der Waals surface area contributed by atoms with Crippen LogP contribution in [0.25, 0.3) is 0 Å². The first kappa shape index (κ1) is 18.1. The first-order chi connectivity index (χ1) is 13.0. The van der Waals surface area contributed by atoms with Gasteiger partial charge in [0.25, 0.3) is 0 Å². The molecule has 0 amide bonds. The molecule has 140 valence electrons. The van der Waals surface area contributed by atoms with E-state index in [-0.39, 0.29) is 5.50 Å². The van der Waals surface area contributed by atoms with E-state index in [0.717, 1.165) is 27.0 Å². The van der Waals surface area contributed by atoms with Crippen molar-refractivity contribution in [3.63, 3.8) is 0 Å². The zero-order valence-electron chi connectivity index (χ0n) is 15.1. The molecular weight excluding hydrogens is 382 g/mol. The van der Waals surface area contributed by atoms with Crippen molar-refractivity contribution in [2.75, 3.05) is 5.01 Å². The van der Waals surface area contributed by atoms with Crippen LogP contribution in [0.4, 0.5) is 5.82 Å². The molecule has 0 bridgehead atoms. The number of aryl methyl sites for hydroxylation is 2. The molecule has 1 aliphatic heterocycles. The van der Waals surface area contributed by atoms with Crippen molar-refractivity contribution >= 4 is 34.2 Å². The Balaban J connectivity index is 1.50. The summed E-state index contributed by atoms with van der Waals surface area (Å²) in [6.07, 6.45) is 1.91. The summed E-state index contributed by atoms with van der Waals surface area (Å²) in [5.74, 6) is 0.713. The summed E-state index contributed by atoms with van der Waals surface area (Å²) in [5.41, 5.74) is 9.07. The topological polar surface area (TPSA) is 77.3 Å². The number of anilines is 1. The van der Waals surface area contributed by atoms with Crippen LogP contribution in [-0.4, -0.2) is 30.1 Å². The maximum absolute atomic E-state index is 6.26. The first-order valence-corrected chi connectivity index (χ1v) is 9.82. The molecule has 0 aliphatic carbocycles. The molecular formula is C18H20ClN7S. The molecule has 3 heterocycles. The standard InChI is InChI=1S/C18H20ClN7S/c1-12-9-13(2)25(21-12)11-17-23-26(18(20)27-17)16-7-8-24(22-16)10-14-5-3-4-6-15(14)19/h3-9,18H,10-11,20H2,1-2H3. The molecule has 0 fully saturated rings. The molecule has 0 spiro atoms. The van der Waals surface area contributed by atoms with Crippen LogP contribution in [-0.2, 0) is 13.1 Å². The van der Waals surface area contributed by atoms with Gasteiger partial charge in [-0.1, -0.05) is 41.6 Å². The molecule has 27 heavy (non-hydrogen) atoms. The maximum Gasteiger partial charge on any atom is 0.173 e. The van der Waals surface area contributed by atoms with Crippen LogP contribution >= 0.6 is 23.4 Å². The lowest BCUT2D eigenvalue weighted by molar-refractivity contribution is 0.673. The summed E-state index contributed by atoms with van der Waals surface area (Å²) in [6, 6.07) is 11.7. The quantitative estimate of drug-likeness (QED) is 0.710. The molecule has 1 unspecified atom stereocenters. The van der Waals surface area contributed by atoms with Gasteiger partial charge in [0.15, 0.2) is 11.3 Å². The van der Waals surface area contributed by atoms with Gasteiger partial charge in [-0.2, -0.15) is 15.3 Å². The molecule has 2 N–H and O–H groups in total. The highest BCUT2D eigenvalue weighted by Gasteiger charge is 2.27. The Morgan fingerprint density at radius 2 is 1.96 bits per heavy atom. The summed E-state index contributed by atoms with van der Waals surface area (Å²) in [6.45, 7) is 5.22. The zero-order chi connectivity index (χ0) is 19.0. The van der Waals surface area contributed by atoms with Gasteiger partial charge >= 0.3 is 0 Å². The third kappa shape index (κ3) is 3.87. The van der Waals surface area contributed by atoms with Gasteiger partial charge in [-0.15, -0.1) is 0 Å². The van der Waals surface area contributed by atoms with Gasteiger partial charge in [-0.3, -0.25) is 9.36 Å². The Hall–Kier alpha value is -2.29. The third-order valence-electron chi connectivity index (χ3n) is 4.26. The van der Waals surface area contributed by atoms with Gasteiger partial charge < -0.3 is 5.73 Å². The number of nitrogens with zero attached hydrogens (tertiary/aromatic N) is 6. The smallest absolute Gasteiger partial charge is 0.173 e. The third-order valence-corrected chi connectivity index (χ3v) is 5.55. The molecule has 1 aromatic carbocycles. The van der Waals surface area contributed by atoms with Crippen molar-refractivity contribution in [1.82, 2.24) is 19.6 Å². The van der Waals surface area contributed by atoms with Crippen molar-refractivity contribution < 1.29 is 0 Å². The Labute approximate surface area is 166 Å². The maximum atomic E-state index is 6.26. The van der Waals surface area contributed by atoms with Gasteiger partial charge in [0.2, 0.25) is 0 Å². The van der Waals surface area contributed by atoms with Crippen LogP contribution in [0.3, 0.4) is 0 Å². The Morgan fingerprint density at radius 3 is 2.70 bits per heavy atom. The van der Waals surface area contributed by atoms with Gasteiger partial charge in [-0.25, -0.2) is 5.01 Å². The van der Waals surface area contributed by atoms with Crippen LogP contribution in [0.5, 0.6) is 0 Å². The molecule has 1 aliphatic rings. The number of nitrogens with two attached hydrogens (primary N) is 1. The summed E-state index contributed by atoms with van der Waals surface area (Å²) in [4.78, 5) is 0. The lowest BCUT2D eigenvalue weighted by atomic mass is 10.2. The van der Waals surface area contributed by atoms with Crippen molar-refractivity contribution in [3.8, 4) is 0 Å². The molecule has 0 saturated heterocycles. The van der Waals surface area contributed by atoms with E-state index < -0.39 is 0 Å². The normalized spacial score (nSPS) is 16.8. The lowest BCUT2D eigenvalue weighted by Crippen LogP contribution is -2.32. The number of hydrogen-bond acceptors (Lipinski definition) is 6. The molecule has 7 nitrogen and oxygen atoms in total. The average molecular weight is 402 g/mol. The second-order valence-electron chi connectivity index (χ2n) is 6.39. The van der Waals surface area contributed by atoms with Crippen LogP contribution in [0.15, 0.2) is 47.7 Å². The summed E-state index contributed by atoms with van der Waals surface area (Å²) >= 11 is 7.76. The van der Waals surface area contributed by atoms with Gasteiger partial charge in [-0.05, 0) is 31.5 Å². The van der Waals surface area contributed by atoms with E-state index in [2.05, 4.69) is 15.3 Å². The predicted molar refractivity (Wildman–Crippen MR) is 110 cm³/mol. The van der Waals surface area contributed by atoms with E-state index >= 15 is 0 Å². The van der Waals surface area contributed by atoms with Crippen molar-refractivity contribution in [2.24, 2.45) is 10.8 Å². The minimum absolute atomic E-state index is 0.305. The monoisotopic (exact) mass is 401 g/mol. The zero-order valence-corrected chi connectivity index (χ0v) is 16.7. The van der Waals surface area contributed by atoms with Crippen LogP contribution in [0.2, 0.25) is 5.02 Å². The minimum Gasteiger partial charge on any atom is -0.301 e. The molecule has 3 aromatic rings. The number of benzene rings is 1. The summed E-state index contributed by atoms with van der Waals surface area (Å²) in [5, 5.41) is 17.1. The number of rotatable bonds is 5. The summed E-state index contributed by atoms with van der Waals surface area (Å²) < 4.78 is 3.77. The predicted octanol–water partition coefficient (Wildman–Crippen LogP) is 3.21. The number of aromatic nitrogens is 4. The molecule has 1 atom stereocenters. The fourth-order valence-corrected chi connectivity index (χ4v) is 4.03. The fraction of sp³-hybridized carbons (Fsp3) is 0.278. The summed E-state index contributed by atoms with van der Waals surface area (Å²) in [7, 11) is 0. The van der Waals surface area contributed by atoms with Crippen LogP contribution in [0, 0.1) is 13.8 Å². The Kier molecular flexibility index (Phi) is 4.94. The molecule has 4 rings (SSSR count). The molecule has 0 saturated carbocycles. The van der Waals surface area contributed by atoms with Crippen molar-refractivity contribution in [2.45, 2.75) is 32.4 Å². The SMILES string of the molecule is Cc1cc(C)n(CC2=NN(c3ccn(Cc4ccccc4Cl)n3)C(N)S2)n1. The van der Waals surface area contributed by atoms with E-state index in [1.54, 1.807) is 5.01 Å². The van der Waals surface area contributed by atoms with E-state index in [4.69, 9.17) is 17.3 Å². The highest BCUT2D eigenvalue weighted by Crippen LogP contribution is 2.28. The minimum atomic E-state index is -0.305. The molecule has 0 radical (unpaired) electrons.